The number of halogens is 1. The number of nitrogens with zero attached hydrogens (tertiary/aromatic N) is 1. The Morgan fingerprint density at radius 2 is 1.95 bits per heavy atom. The first kappa shape index (κ1) is 17.0. The number of carbonyl (C=O) groups is 1. The summed E-state index contributed by atoms with van der Waals surface area (Å²) >= 11 is 5.94. The second-order valence-electron chi connectivity index (χ2n) is 5.68. The number of sulfone groups is 1. The van der Waals surface area contributed by atoms with Crippen molar-refractivity contribution in [1.82, 2.24) is 4.90 Å². The summed E-state index contributed by atoms with van der Waals surface area (Å²) in [5, 5.41) is 0.625. The van der Waals surface area contributed by atoms with Crippen molar-refractivity contribution in [2.45, 2.75) is 25.8 Å². The van der Waals surface area contributed by atoms with Crippen molar-refractivity contribution < 1.29 is 13.2 Å². The largest absolute Gasteiger partial charge is 0.339 e. The van der Waals surface area contributed by atoms with Gasteiger partial charge in [0.05, 0.1) is 11.5 Å². The second kappa shape index (κ2) is 6.84. The molecular weight excluding hydrogens is 322 g/mol. The first-order chi connectivity index (χ1) is 10.3. The minimum absolute atomic E-state index is 0.0151. The Kier molecular flexibility index (Phi) is 5.29. The minimum atomic E-state index is -2.92. The van der Waals surface area contributed by atoms with Crippen LogP contribution in [0.25, 0.3) is 6.08 Å². The molecule has 1 saturated heterocycles. The van der Waals surface area contributed by atoms with Crippen LogP contribution in [0.5, 0.6) is 0 Å². The highest BCUT2D eigenvalue weighted by atomic mass is 35.5. The van der Waals surface area contributed by atoms with Gasteiger partial charge in [0.15, 0.2) is 0 Å². The van der Waals surface area contributed by atoms with E-state index in [2.05, 4.69) is 0 Å². The fourth-order valence-corrected chi connectivity index (χ4v) is 4.28. The van der Waals surface area contributed by atoms with E-state index < -0.39 is 9.84 Å². The Morgan fingerprint density at radius 3 is 2.55 bits per heavy atom. The zero-order chi connectivity index (χ0) is 16.3. The molecule has 1 aliphatic heterocycles. The monoisotopic (exact) mass is 341 g/mol. The van der Waals surface area contributed by atoms with E-state index in [4.69, 9.17) is 11.6 Å². The van der Waals surface area contributed by atoms with Crippen LogP contribution in [0.3, 0.4) is 0 Å². The molecule has 1 aromatic rings. The molecule has 0 bridgehead atoms. The summed E-state index contributed by atoms with van der Waals surface area (Å²) in [7, 11) is -1.18. The van der Waals surface area contributed by atoms with Crippen LogP contribution in [0.1, 0.15) is 25.3 Å². The molecule has 1 aliphatic rings. The van der Waals surface area contributed by atoms with Gasteiger partial charge in [-0.25, -0.2) is 8.42 Å². The lowest BCUT2D eigenvalue weighted by Gasteiger charge is -2.31. The van der Waals surface area contributed by atoms with E-state index in [0.29, 0.717) is 23.4 Å². The highest BCUT2D eigenvalue weighted by Gasteiger charge is 2.28. The van der Waals surface area contributed by atoms with Gasteiger partial charge in [-0.3, -0.25) is 4.79 Å². The zero-order valence-electron chi connectivity index (χ0n) is 12.8. The van der Waals surface area contributed by atoms with E-state index in [0.717, 1.165) is 5.56 Å². The number of amides is 1. The highest BCUT2D eigenvalue weighted by molar-refractivity contribution is 7.91. The van der Waals surface area contributed by atoms with Gasteiger partial charge in [-0.1, -0.05) is 23.7 Å². The highest BCUT2D eigenvalue weighted by Crippen LogP contribution is 2.20. The normalized spacial score (nSPS) is 19.0. The van der Waals surface area contributed by atoms with Crippen LogP contribution in [-0.2, 0) is 14.6 Å². The van der Waals surface area contributed by atoms with Crippen LogP contribution in [0, 0.1) is 0 Å². The van der Waals surface area contributed by atoms with Crippen molar-refractivity contribution in [2.24, 2.45) is 0 Å². The van der Waals surface area contributed by atoms with E-state index in [1.54, 1.807) is 37.1 Å². The third kappa shape index (κ3) is 4.34. The standard InChI is InChI=1S/C16H20ClNO3S/c1-12(10-13-4-3-5-14(17)11-13)16(19)18(2)15-6-8-22(20,21)9-7-15/h3-5,10-11,15H,6-9H2,1-2H3/b12-10+. The Bertz CT molecular complexity index is 683. The summed E-state index contributed by atoms with van der Waals surface area (Å²) in [6.45, 7) is 1.76. The topological polar surface area (TPSA) is 54.5 Å². The fraction of sp³-hybridized carbons (Fsp3) is 0.438. The second-order valence-corrected chi connectivity index (χ2v) is 8.42. The molecule has 2 rings (SSSR count). The fourth-order valence-electron chi connectivity index (χ4n) is 2.62. The molecule has 0 atom stereocenters. The van der Waals surface area contributed by atoms with Gasteiger partial charge in [-0.2, -0.15) is 0 Å². The number of hydrogen-bond acceptors (Lipinski definition) is 3. The van der Waals surface area contributed by atoms with Crippen molar-refractivity contribution >= 4 is 33.4 Å². The van der Waals surface area contributed by atoms with Gasteiger partial charge in [0.25, 0.3) is 0 Å². The Labute approximate surface area is 136 Å². The van der Waals surface area contributed by atoms with Gasteiger partial charge in [0.2, 0.25) is 5.91 Å². The van der Waals surface area contributed by atoms with E-state index in [-0.39, 0.29) is 23.5 Å². The molecular formula is C16H20ClNO3S. The van der Waals surface area contributed by atoms with Crippen LogP contribution in [0.4, 0.5) is 0 Å². The molecule has 0 radical (unpaired) electrons. The van der Waals surface area contributed by atoms with E-state index in [9.17, 15) is 13.2 Å². The van der Waals surface area contributed by atoms with Gasteiger partial charge in [-0.15, -0.1) is 0 Å². The number of hydrogen-bond donors (Lipinski definition) is 0. The molecule has 6 heteroatoms. The smallest absolute Gasteiger partial charge is 0.249 e. The lowest BCUT2D eigenvalue weighted by Crippen LogP contribution is -2.42. The molecule has 0 saturated carbocycles. The molecule has 0 aromatic heterocycles. The quantitative estimate of drug-likeness (QED) is 0.794. The number of carbonyl (C=O) groups excluding carboxylic acids is 1. The molecule has 120 valence electrons. The molecule has 4 nitrogen and oxygen atoms in total. The van der Waals surface area contributed by atoms with Crippen LogP contribution >= 0.6 is 11.6 Å². The molecule has 0 spiro atoms. The molecule has 0 unspecified atom stereocenters. The molecule has 1 aromatic carbocycles. The summed E-state index contributed by atoms with van der Waals surface area (Å²) in [4.78, 5) is 14.1. The minimum Gasteiger partial charge on any atom is -0.339 e. The Balaban J connectivity index is 2.07. The lowest BCUT2D eigenvalue weighted by atomic mass is 10.1. The van der Waals surface area contributed by atoms with Crippen LogP contribution in [0.15, 0.2) is 29.8 Å². The Hall–Kier alpha value is -1.33. The summed E-state index contributed by atoms with van der Waals surface area (Å²) in [5.41, 5.74) is 1.48. The predicted octanol–water partition coefficient (Wildman–Crippen LogP) is 2.78. The van der Waals surface area contributed by atoms with Crippen LogP contribution in [-0.4, -0.2) is 43.8 Å². The van der Waals surface area contributed by atoms with Gasteiger partial charge in [-0.05, 0) is 43.5 Å². The summed E-state index contributed by atoms with van der Waals surface area (Å²) in [5.74, 6) is 0.239. The average molecular weight is 342 g/mol. The van der Waals surface area contributed by atoms with Crippen molar-refractivity contribution in [1.29, 1.82) is 0 Å². The maximum Gasteiger partial charge on any atom is 0.249 e. The first-order valence-corrected chi connectivity index (χ1v) is 9.40. The number of rotatable bonds is 3. The van der Waals surface area contributed by atoms with E-state index >= 15 is 0 Å². The third-order valence-electron chi connectivity index (χ3n) is 3.96. The van der Waals surface area contributed by atoms with Gasteiger partial charge in [0.1, 0.15) is 9.84 Å². The molecule has 22 heavy (non-hydrogen) atoms. The van der Waals surface area contributed by atoms with Crippen molar-refractivity contribution in [3.05, 3.63) is 40.4 Å². The zero-order valence-corrected chi connectivity index (χ0v) is 14.3. The average Bonchev–Trinajstić information content (AvgIpc) is 2.45. The van der Waals surface area contributed by atoms with E-state index in [1.807, 2.05) is 12.1 Å². The number of likely N-dealkylation sites (N-methyl/N-ethyl adjacent to an activating group) is 1. The summed E-state index contributed by atoms with van der Waals surface area (Å²) in [6, 6.07) is 7.28. The van der Waals surface area contributed by atoms with Crippen molar-refractivity contribution in [2.75, 3.05) is 18.6 Å². The predicted molar refractivity (Wildman–Crippen MR) is 89.5 cm³/mol. The van der Waals surface area contributed by atoms with Crippen molar-refractivity contribution in [3.63, 3.8) is 0 Å². The maximum absolute atomic E-state index is 12.5. The molecule has 1 amide bonds. The SMILES string of the molecule is C/C(=C\c1cccc(Cl)c1)C(=O)N(C)C1CCS(=O)(=O)CC1. The molecule has 1 heterocycles. The summed E-state index contributed by atoms with van der Waals surface area (Å²) in [6.07, 6.45) is 2.81. The molecule has 0 aliphatic carbocycles. The van der Waals surface area contributed by atoms with Crippen molar-refractivity contribution in [3.8, 4) is 0 Å². The van der Waals surface area contributed by atoms with E-state index in [1.165, 1.54) is 0 Å². The van der Waals surface area contributed by atoms with Gasteiger partial charge >= 0.3 is 0 Å². The lowest BCUT2D eigenvalue weighted by molar-refractivity contribution is -0.127. The van der Waals surface area contributed by atoms with Crippen LogP contribution < -0.4 is 0 Å². The molecule has 0 N–H and O–H groups in total. The van der Waals surface area contributed by atoms with Gasteiger partial charge in [0, 0.05) is 23.7 Å². The Morgan fingerprint density at radius 1 is 1.32 bits per heavy atom. The summed E-state index contributed by atoms with van der Waals surface area (Å²) < 4.78 is 22.9. The van der Waals surface area contributed by atoms with Crippen LogP contribution in [0.2, 0.25) is 5.02 Å². The third-order valence-corrected chi connectivity index (χ3v) is 5.91. The molecule has 1 fully saturated rings. The number of benzene rings is 1. The maximum atomic E-state index is 12.5. The van der Waals surface area contributed by atoms with Gasteiger partial charge < -0.3 is 4.90 Å². The first-order valence-electron chi connectivity index (χ1n) is 7.20.